The summed E-state index contributed by atoms with van der Waals surface area (Å²) in [7, 11) is 0. The Labute approximate surface area is 270 Å². The maximum atomic E-state index is 11.9. The van der Waals surface area contributed by atoms with Crippen molar-refractivity contribution in [1.82, 2.24) is 19.7 Å². The number of carbonyl (C=O) groups is 1. The van der Waals surface area contributed by atoms with Gasteiger partial charge in [0, 0.05) is 24.8 Å². The van der Waals surface area contributed by atoms with E-state index < -0.39 is 5.97 Å². The predicted molar refractivity (Wildman–Crippen MR) is 184 cm³/mol. The molecule has 0 radical (unpaired) electrons. The summed E-state index contributed by atoms with van der Waals surface area (Å²) in [5.41, 5.74) is 9.01. The zero-order valence-corrected chi connectivity index (χ0v) is 27.1. The predicted octanol–water partition coefficient (Wildman–Crippen LogP) is 9.13. The van der Waals surface area contributed by atoms with Crippen LogP contribution in [0.15, 0.2) is 109 Å². The minimum atomic E-state index is -0.932. The first-order valence-corrected chi connectivity index (χ1v) is 15.9. The van der Waals surface area contributed by atoms with Crippen LogP contribution in [-0.2, 0) is 13.0 Å². The lowest BCUT2D eigenvalue weighted by molar-refractivity contribution is 0.0697. The summed E-state index contributed by atoms with van der Waals surface area (Å²) in [6.45, 7) is 11.7. The average molecular weight is 609 g/mol. The van der Waals surface area contributed by atoms with Gasteiger partial charge in [-0.05, 0) is 39.3 Å². The Balaban J connectivity index is 1.52. The maximum absolute atomic E-state index is 11.9. The molecule has 6 aromatic rings. The van der Waals surface area contributed by atoms with E-state index in [4.69, 9.17) is 15.2 Å². The van der Waals surface area contributed by atoms with Gasteiger partial charge in [-0.25, -0.2) is 9.78 Å². The number of fused-ring (bicyclic) bond motifs is 1. The highest BCUT2D eigenvalue weighted by Crippen LogP contribution is 2.36. The summed E-state index contributed by atoms with van der Waals surface area (Å²) in [5.74, 6) is 0.0838. The number of nitrogens with zero attached hydrogens (tertiary/aromatic N) is 4. The number of benzene rings is 4. The molecule has 232 valence electrons. The van der Waals surface area contributed by atoms with E-state index in [0.29, 0.717) is 17.7 Å². The highest BCUT2D eigenvalue weighted by molar-refractivity contribution is 5.96. The zero-order chi connectivity index (χ0) is 32.4. The summed E-state index contributed by atoms with van der Waals surface area (Å²) in [4.78, 5) is 17.3. The van der Waals surface area contributed by atoms with E-state index >= 15 is 0 Å². The lowest BCUT2D eigenvalue weighted by Crippen LogP contribution is -2.16. The molecular weight excluding hydrogens is 568 g/mol. The van der Waals surface area contributed by atoms with E-state index in [0.717, 1.165) is 45.8 Å². The van der Waals surface area contributed by atoms with Gasteiger partial charge in [-0.3, -0.25) is 0 Å². The van der Waals surface area contributed by atoms with Crippen LogP contribution in [0, 0.1) is 5.41 Å². The third-order valence-electron chi connectivity index (χ3n) is 8.67. The molecular formula is C40H40N4O2. The van der Waals surface area contributed by atoms with Crippen LogP contribution in [0.25, 0.3) is 22.2 Å². The molecule has 2 unspecified atom stereocenters. The molecule has 0 aliphatic carbocycles. The highest BCUT2D eigenvalue weighted by atomic mass is 16.4. The van der Waals surface area contributed by atoms with Crippen molar-refractivity contribution < 1.29 is 9.90 Å². The van der Waals surface area contributed by atoms with Gasteiger partial charge in [0.05, 0.1) is 22.5 Å². The van der Waals surface area contributed by atoms with Gasteiger partial charge in [0.15, 0.2) is 0 Å². The highest BCUT2D eigenvalue weighted by Gasteiger charge is 2.28. The summed E-state index contributed by atoms with van der Waals surface area (Å²) >= 11 is 0. The minimum Gasteiger partial charge on any atom is -0.478 e. The van der Waals surface area contributed by atoms with E-state index in [2.05, 4.69) is 99.8 Å². The topological polar surface area (TPSA) is 80.9 Å². The molecule has 0 spiro atoms. The Morgan fingerprint density at radius 3 is 1.87 bits per heavy atom. The van der Waals surface area contributed by atoms with E-state index in [1.54, 1.807) is 12.1 Å². The van der Waals surface area contributed by atoms with Crippen LogP contribution in [0.4, 0.5) is 0 Å². The van der Waals surface area contributed by atoms with Crippen LogP contribution in [0.1, 0.15) is 90.7 Å². The van der Waals surface area contributed by atoms with Crippen LogP contribution in [0.2, 0.25) is 0 Å². The third-order valence-corrected chi connectivity index (χ3v) is 8.67. The first-order chi connectivity index (χ1) is 22.1. The normalized spacial score (nSPS) is 13.1. The molecule has 0 fully saturated rings. The van der Waals surface area contributed by atoms with Crippen LogP contribution in [0.3, 0.4) is 0 Å². The second-order valence-electron chi connectivity index (χ2n) is 13.3. The molecule has 1 N–H and O–H groups in total. The fourth-order valence-corrected chi connectivity index (χ4v) is 6.20. The lowest BCUT2D eigenvalue weighted by atomic mass is 9.92. The zero-order valence-electron chi connectivity index (χ0n) is 27.1. The lowest BCUT2D eigenvalue weighted by Gasteiger charge is -2.20. The number of imidazole rings is 1. The van der Waals surface area contributed by atoms with Crippen molar-refractivity contribution in [2.24, 2.45) is 5.41 Å². The largest absolute Gasteiger partial charge is 0.478 e. The monoisotopic (exact) mass is 608 g/mol. The fourth-order valence-electron chi connectivity index (χ4n) is 6.20. The van der Waals surface area contributed by atoms with Crippen molar-refractivity contribution in [3.05, 3.63) is 149 Å². The number of aromatic nitrogens is 4. The standard InChI is InChI=1S/C40H40N4O2/c1-26(29-14-8-6-9-15-29)35-37-38(36(43-42-35)27(2)30-16-10-7-11-17-30)44(34(41-37)24-40(3,4)5)25-28-20-22-31(23-21-28)32-18-12-13-19-33(32)39(45)46/h6-23,26-27H,24-25H2,1-5H3,(H,45,46). The number of carboxylic acid groups (broad SMARTS) is 1. The molecule has 0 bridgehead atoms. The Morgan fingerprint density at radius 2 is 1.28 bits per heavy atom. The van der Waals surface area contributed by atoms with Crippen molar-refractivity contribution in [2.75, 3.05) is 0 Å². The van der Waals surface area contributed by atoms with Crippen LogP contribution in [-0.4, -0.2) is 30.8 Å². The third kappa shape index (κ3) is 6.34. The van der Waals surface area contributed by atoms with Crippen molar-refractivity contribution in [1.29, 1.82) is 0 Å². The van der Waals surface area contributed by atoms with Gasteiger partial charge in [-0.15, -0.1) is 0 Å². The van der Waals surface area contributed by atoms with Crippen molar-refractivity contribution in [3.8, 4) is 11.1 Å². The van der Waals surface area contributed by atoms with E-state index in [1.165, 1.54) is 11.1 Å². The van der Waals surface area contributed by atoms with Gasteiger partial charge in [0.2, 0.25) is 0 Å². The summed E-state index contributed by atoms with van der Waals surface area (Å²) in [6, 6.07) is 36.2. The van der Waals surface area contributed by atoms with Crippen LogP contribution >= 0.6 is 0 Å². The van der Waals surface area contributed by atoms with Crippen LogP contribution in [0.5, 0.6) is 0 Å². The van der Waals surface area contributed by atoms with Gasteiger partial charge in [-0.2, -0.15) is 10.2 Å². The van der Waals surface area contributed by atoms with Crippen LogP contribution < -0.4 is 0 Å². The van der Waals surface area contributed by atoms with E-state index in [-0.39, 0.29) is 17.3 Å². The Kier molecular flexibility index (Phi) is 8.55. The molecule has 4 aromatic carbocycles. The maximum Gasteiger partial charge on any atom is 0.336 e. The molecule has 6 rings (SSSR count). The summed E-state index contributed by atoms with van der Waals surface area (Å²) in [6.07, 6.45) is 0.782. The number of hydrogen-bond acceptors (Lipinski definition) is 4. The molecule has 0 amide bonds. The molecule has 0 saturated heterocycles. The first-order valence-electron chi connectivity index (χ1n) is 15.9. The van der Waals surface area contributed by atoms with Gasteiger partial charge in [0.1, 0.15) is 11.3 Å². The SMILES string of the molecule is CC(c1ccccc1)c1nnc(C(C)c2ccccc2)c2c1nc(CC(C)(C)C)n2Cc1ccc(-c2ccccc2C(=O)O)cc1. The van der Waals surface area contributed by atoms with Gasteiger partial charge >= 0.3 is 5.97 Å². The number of rotatable bonds is 9. The van der Waals surface area contributed by atoms with Crippen molar-refractivity contribution >= 4 is 17.0 Å². The second-order valence-corrected chi connectivity index (χ2v) is 13.3. The molecule has 2 aromatic heterocycles. The molecule has 0 aliphatic rings. The average Bonchev–Trinajstić information content (AvgIpc) is 3.40. The number of aromatic carboxylic acids is 1. The van der Waals surface area contributed by atoms with Crippen molar-refractivity contribution in [2.45, 2.75) is 59.4 Å². The Morgan fingerprint density at radius 1 is 0.739 bits per heavy atom. The Hall–Kier alpha value is -5.10. The molecule has 0 aliphatic heterocycles. The van der Waals surface area contributed by atoms with E-state index in [9.17, 15) is 9.90 Å². The fraction of sp³-hybridized carbons (Fsp3) is 0.250. The summed E-state index contributed by atoms with van der Waals surface area (Å²) in [5, 5.41) is 19.6. The van der Waals surface area contributed by atoms with Gasteiger partial charge in [0.25, 0.3) is 0 Å². The summed E-state index contributed by atoms with van der Waals surface area (Å²) < 4.78 is 2.34. The van der Waals surface area contributed by atoms with Crippen molar-refractivity contribution in [3.63, 3.8) is 0 Å². The molecule has 6 heteroatoms. The first kappa shape index (κ1) is 30.9. The molecule has 6 nitrogen and oxygen atoms in total. The smallest absolute Gasteiger partial charge is 0.336 e. The van der Waals surface area contributed by atoms with Gasteiger partial charge in [-0.1, -0.05) is 138 Å². The molecule has 2 heterocycles. The quantitative estimate of drug-likeness (QED) is 0.177. The molecule has 46 heavy (non-hydrogen) atoms. The van der Waals surface area contributed by atoms with E-state index in [1.807, 2.05) is 36.4 Å². The number of carboxylic acids is 1. The minimum absolute atomic E-state index is 0.000796. The number of hydrogen-bond donors (Lipinski definition) is 1. The van der Waals surface area contributed by atoms with Gasteiger partial charge < -0.3 is 9.67 Å². The molecule has 0 saturated carbocycles. The Bertz CT molecular complexity index is 1970. The second kappa shape index (κ2) is 12.7. The molecule has 2 atom stereocenters.